The number of hydrogen-bond donors (Lipinski definition) is 2. The summed E-state index contributed by atoms with van der Waals surface area (Å²) in [5.74, 6) is -3.28. The molecule has 19 heavy (non-hydrogen) atoms. The second-order valence-electron chi connectivity index (χ2n) is 3.26. The van der Waals surface area contributed by atoms with E-state index in [0.29, 0.717) is 0 Å². The zero-order valence-corrected chi connectivity index (χ0v) is 9.40. The zero-order chi connectivity index (χ0) is 14.4. The highest BCUT2D eigenvalue weighted by atomic mass is 16.6. The third kappa shape index (κ3) is 4.43. The molecule has 0 spiro atoms. The van der Waals surface area contributed by atoms with Crippen LogP contribution in [-0.2, 0) is 14.3 Å². The lowest BCUT2D eigenvalue weighted by Gasteiger charge is -1.94. The molecule has 7 heteroatoms. The van der Waals surface area contributed by atoms with Crippen LogP contribution < -0.4 is 0 Å². The molecule has 1 heterocycles. The maximum absolute atomic E-state index is 10.3. The molecule has 0 aliphatic carbocycles. The predicted molar refractivity (Wildman–Crippen MR) is 60.6 cm³/mol. The molecular weight excluding hydrogens is 256 g/mol. The number of carbonyl (C=O) groups excluding carboxylic acids is 2. The van der Waals surface area contributed by atoms with Crippen LogP contribution in [0.15, 0.2) is 36.4 Å². The van der Waals surface area contributed by atoms with E-state index >= 15 is 0 Å². The van der Waals surface area contributed by atoms with Crippen LogP contribution in [0, 0.1) is 0 Å². The summed E-state index contributed by atoms with van der Waals surface area (Å²) in [6.07, 6.45) is 2.17. The van der Waals surface area contributed by atoms with Crippen molar-refractivity contribution < 1.29 is 34.1 Å². The molecule has 0 saturated carbocycles. The summed E-state index contributed by atoms with van der Waals surface area (Å²) < 4.78 is 3.97. The molecular formula is C12H8O7. The van der Waals surface area contributed by atoms with Crippen molar-refractivity contribution in [3.8, 4) is 0 Å². The van der Waals surface area contributed by atoms with Crippen molar-refractivity contribution in [2.45, 2.75) is 0 Å². The molecule has 2 N–H and O–H groups in total. The fourth-order valence-electron chi connectivity index (χ4n) is 1.06. The molecule has 0 saturated heterocycles. The second-order valence-corrected chi connectivity index (χ2v) is 3.26. The van der Waals surface area contributed by atoms with Crippen molar-refractivity contribution >= 4 is 23.9 Å². The van der Waals surface area contributed by atoms with Gasteiger partial charge in [0.05, 0.1) is 11.1 Å². The van der Waals surface area contributed by atoms with Gasteiger partial charge in [0.25, 0.3) is 0 Å². The number of ether oxygens (including phenoxy) is 1. The van der Waals surface area contributed by atoms with Crippen LogP contribution in [0.2, 0.25) is 0 Å². The third-order valence-corrected chi connectivity index (χ3v) is 1.94. The van der Waals surface area contributed by atoms with E-state index in [1.165, 1.54) is 24.3 Å². The van der Waals surface area contributed by atoms with Gasteiger partial charge in [0, 0.05) is 12.2 Å². The standard InChI is InChI=1S/C8H6O4.C4H2O3/c9-7(10)5-1-2-6(4-3-5)8(11)12;5-3-1-2-4(6)7-3/h1-4H,(H,9,10)(H,11,12);1-2H. The van der Waals surface area contributed by atoms with Crippen LogP contribution in [0.4, 0.5) is 0 Å². The highest BCUT2D eigenvalue weighted by molar-refractivity contribution is 6.04. The largest absolute Gasteiger partial charge is 0.478 e. The van der Waals surface area contributed by atoms with Crippen molar-refractivity contribution in [2.75, 3.05) is 0 Å². The van der Waals surface area contributed by atoms with Gasteiger partial charge in [-0.05, 0) is 24.3 Å². The number of esters is 2. The van der Waals surface area contributed by atoms with Gasteiger partial charge < -0.3 is 14.9 Å². The van der Waals surface area contributed by atoms with Crippen molar-refractivity contribution in [3.05, 3.63) is 47.5 Å². The average Bonchev–Trinajstić information content (AvgIpc) is 2.74. The van der Waals surface area contributed by atoms with E-state index in [4.69, 9.17) is 10.2 Å². The van der Waals surface area contributed by atoms with Gasteiger partial charge in [0.2, 0.25) is 0 Å². The van der Waals surface area contributed by atoms with Gasteiger partial charge in [0.15, 0.2) is 0 Å². The average molecular weight is 264 g/mol. The summed E-state index contributed by atoms with van der Waals surface area (Å²) in [4.78, 5) is 40.5. The molecule has 0 bridgehead atoms. The molecule has 0 atom stereocenters. The Balaban J connectivity index is 0.000000218. The molecule has 1 aliphatic rings. The molecule has 0 amide bonds. The minimum absolute atomic E-state index is 0.0833. The Bertz CT molecular complexity index is 505. The number of carboxylic acid groups (broad SMARTS) is 2. The quantitative estimate of drug-likeness (QED) is 0.596. The van der Waals surface area contributed by atoms with E-state index in [-0.39, 0.29) is 11.1 Å². The molecule has 7 nitrogen and oxygen atoms in total. The van der Waals surface area contributed by atoms with Gasteiger partial charge in [-0.3, -0.25) is 0 Å². The fraction of sp³-hybridized carbons (Fsp3) is 0. The van der Waals surface area contributed by atoms with Crippen LogP contribution >= 0.6 is 0 Å². The number of rotatable bonds is 2. The topological polar surface area (TPSA) is 118 Å². The maximum atomic E-state index is 10.3. The van der Waals surface area contributed by atoms with Crippen LogP contribution in [0.1, 0.15) is 20.7 Å². The number of aromatic carboxylic acids is 2. The third-order valence-electron chi connectivity index (χ3n) is 1.94. The summed E-state index contributed by atoms with van der Waals surface area (Å²) in [6.45, 7) is 0. The number of carbonyl (C=O) groups is 4. The van der Waals surface area contributed by atoms with Gasteiger partial charge in [-0.15, -0.1) is 0 Å². The van der Waals surface area contributed by atoms with E-state index in [1.807, 2.05) is 0 Å². The van der Waals surface area contributed by atoms with Gasteiger partial charge in [-0.25, -0.2) is 19.2 Å². The first-order chi connectivity index (χ1) is 8.90. The Labute approximate surface area is 106 Å². The molecule has 0 unspecified atom stereocenters. The van der Waals surface area contributed by atoms with Crippen LogP contribution in [0.3, 0.4) is 0 Å². The number of hydrogen-bond acceptors (Lipinski definition) is 5. The summed E-state index contributed by atoms with van der Waals surface area (Å²) in [5.41, 5.74) is 0.167. The predicted octanol–water partition coefficient (Wildman–Crippen LogP) is 0.709. The highest BCUT2D eigenvalue weighted by Crippen LogP contribution is 2.03. The second kappa shape index (κ2) is 6.10. The maximum Gasteiger partial charge on any atom is 0.338 e. The molecule has 1 aromatic carbocycles. The first-order valence-corrected chi connectivity index (χ1v) is 4.90. The lowest BCUT2D eigenvalue weighted by molar-refractivity contribution is -0.150. The van der Waals surface area contributed by atoms with Crippen molar-refractivity contribution in [3.63, 3.8) is 0 Å². The van der Waals surface area contributed by atoms with Crippen LogP contribution in [-0.4, -0.2) is 34.1 Å². The Kier molecular flexibility index (Phi) is 4.53. The van der Waals surface area contributed by atoms with E-state index in [2.05, 4.69) is 4.74 Å². The zero-order valence-electron chi connectivity index (χ0n) is 9.40. The lowest BCUT2D eigenvalue weighted by atomic mass is 10.1. The lowest BCUT2D eigenvalue weighted by Crippen LogP contribution is -1.99. The van der Waals surface area contributed by atoms with Crippen molar-refractivity contribution in [2.24, 2.45) is 0 Å². The van der Waals surface area contributed by atoms with Crippen molar-refractivity contribution in [1.29, 1.82) is 0 Å². The highest BCUT2D eigenvalue weighted by Gasteiger charge is 2.10. The Morgan fingerprint density at radius 1 is 0.789 bits per heavy atom. The minimum atomic E-state index is -1.06. The monoisotopic (exact) mass is 264 g/mol. The molecule has 98 valence electrons. The Hall–Kier alpha value is -2.96. The number of carboxylic acids is 2. The van der Waals surface area contributed by atoms with Gasteiger partial charge in [-0.1, -0.05) is 0 Å². The molecule has 1 aromatic rings. The molecule has 2 rings (SSSR count). The van der Waals surface area contributed by atoms with Gasteiger partial charge in [-0.2, -0.15) is 0 Å². The summed E-state index contributed by atoms with van der Waals surface area (Å²) >= 11 is 0. The fourth-order valence-corrected chi connectivity index (χ4v) is 1.06. The SMILES string of the molecule is O=C(O)c1ccc(C(=O)O)cc1.O=C1C=CC(=O)O1. The summed E-state index contributed by atoms with van der Waals surface area (Å²) in [7, 11) is 0. The first-order valence-electron chi connectivity index (χ1n) is 4.90. The van der Waals surface area contributed by atoms with Crippen LogP contribution in [0.25, 0.3) is 0 Å². The Morgan fingerprint density at radius 2 is 1.11 bits per heavy atom. The Morgan fingerprint density at radius 3 is 1.26 bits per heavy atom. The van der Waals surface area contributed by atoms with Gasteiger partial charge in [0.1, 0.15) is 0 Å². The number of cyclic esters (lactones) is 2. The molecule has 0 radical (unpaired) electrons. The number of benzene rings is 1. The minimum Gasteiger partial charge on any atom is -0.478 e. The molecule has 1 aliphatic heterocycles. The smallest absolute Gasteiger partial charge is 0.338 e. The van der Waals surface area contributed by atoms with E-state index in [0.717, 1.165) is 12.2 Å². The van der Waals surface area contributed by atoms with E-state index < -0.39 is 23.9 Å². The first kappa shape index (κ1) is 14.1. The summed E-state index contributed by atoms with van der Waals surface area (Å²) in [5, 5.41) is 16.9. The van der Waals surface area contributed by atoms with Crippen molar-refractivity contribution in [1.82, 2.24) is 0 Å². The van der Waals surface area contributed by atoms with Gasteiger partial charge >= 0.3 is 23.9 Å². The molecule has 0 aromatic heterocycles. The normalized spacial score (nSPS) is 12.4. The van der Waals surface area contributed by atoms with E-state index in [1.54, 1.807) is 0 Å². The van der Waals surface area contributed by atoms with Crippen LogP contribution in [0.5, 0.6) is 0 Å². The summed E-state index contributed by atoms with van der Waals surface area (Å²) in [6, 6.07) is 5.02. The van der Waals surface area contributed by atoms with E-state index in [9.17, 15) is 19.2 Å². The molecule has 0 fully saturated rings.